The first-order chi connectivity index (χ1) is 8.50. The van der Waals surface area contributed by atoms with Crippen LogP contribution in [0.3, 0.4) is 0 Å². The van der Waals surface area contributed by atoms with E-state index in [9.17, 15) is 9.59 Å². The summed E-state index contributed by atoms with van der Waals surface area (Å²) in [5.41, 5.74) is 0. The minimum atomic E-state index is -0.882. The first kappa shape index (κ1) is 14.9. The van der Waals surface area contributed by atoms with Gasteiger partial charge in [-0.25, -0.2) is 0 Å². The third-order valence-corrected chi connectivity index (χ3v) is 2.93. The van der Waals surface area contributed by atoms with Gasteiger partial charge in [-0.3, -0.25) is 9.59 Å². The smallest absolute Gasteiger partial charge is 0.305 e. The molecule has 1 fully saturated rings. The summed E-state index contributed by atoms with van der Waals surface area (Å²) in [4.78, 5) is 24.3. The van der Waals surface area contributed by atoms with Crippen LogP contribution in [-0.4, -0.2) is 60.3 Å². The van der Waals surface area contributed by atoms with Gasteiger partial charge in [0.05, 0.1) is 19.6 Å². The van der Waals surface area contributed by atoms with Gasteiger partial charge in [0.25, 0.3) is 0 Å². The van der Waals surface area contributed by atoms with Crippen molar-refractivity contribution in [2.45, 2.75) is 38.8 Å². The van der Waals surface area contributed by atoms with Gasteiger partial charge in [0.1, 0.15) is 0 Å². The molecule has 1 amide bonds. The van der Waals surface area contributed by atoms with Crippen molar-refractivity contribution in [1.82, 2.24) is 10.2 Å². The molecule has 18 heavy (non-hydrogen) atoms. The van der Waals surface area contributed by atoms with Crippen molar-refractivity contribution in [1.29, 1.82) is 0 Å². The van der Waals surface area contributed by atoms with Crippen LogP contribution in [0.1, 0.15) is 26.7 Å². The number of rotatable bonds is 6. The van der Waals surface area contributed by atoms with Crippen LogP contribution in [0.25, 0.3) is 0 Å². The summed E-state index contributed by atoms with van der Waals surface area (Å²) in [7, 11) is 0. The molecule has 1 saturated heterocycles. The number of carbonyl (C=O) groups is 2. The standard InChI is InChI=1S/C12H22N2O4/c1-9(2)14(5-3-12(16)17)11(15)7-10-8-18-6-4-13-10/h9-10,13H,3-8H2,1-2H3,(H,16,17). The lowest BCUT2D eigenvalue weighted by Gasteiger charge is -2.30. The molecule has 0 aliphatic carbocycles. The summed E-state index contributed by atoms with van der Waals surface area (Å²) in [6, 6.07) is 0.0543. The molecule has 6 heteroatoms. The predicted molar refractivity (Wildman–Crippen MR) is 66.3 cm³/mol. The van der Waals surface area contributed by atoms with E-state index in [1.54, 1.807) is 4.90 Å². The summed E-state index contributed by atoms with van der Waals surface area (Å²) >= 11 is 0. The number of nitrogens with zero attached hydrogens (tertiary/aromatic N) is 1. The van der Waals surface area contributed by atoms with E-state index in [2.05, 4.69) is 5.32 Å². The Kier molecular flexibility index (Phi) is 6.07. The molecule has 0 bridgehead atoms. The third-order valence-electron chi connectivity index (χ3n) is 2.93. The lowest BCUT2D eigenvalue weighted by atomic mass is 10.1. The normalized spacial score (nSPS) is 19.8. The highest BCUT2D eigenvalue weighted by molar-refractivity contribution is 5.78. The van der Waals surface area contributed by atoms with Gasteiger partial charge < -0.3 is 20.1 Å². The molecule has 0 aromatic carbocycles. The number of hydrogen-bond acceptors (Lipinski definition) is 4. The number of hydrogen-bond donors (Lipinski definition) is 2. The average Bonchev–Trinajstić information content (AvgIpc) is 2.29. The molecule has 0 saturated carbocycles. The molecule has 1 aliphatic rings. The second kappa shape index (κ2) is 7.33. The Morgan fingerprint density at radius 1 is 1.50 bits per heavy atom. The molecule has 1 heterocycles. The molecule has 1 atom stereocenters. The minimum Gasteiger partial charge on any atom is -0.481 e. The van der Waals surface area contributed by atoms with Crippen molar-refractivity contribution in [2.24, 2.45) is 0 Å². The predicted octanol–water partition coefficient (Wildman–Crippen LogP) is 0.0766. The fourth-order valence-corrected chi connectivity index (χ4v) is 1.97. The minimum absolute atomic E-state index is 0.0151. The molecule has 1 aliphatic heterocycles. The van der Waals surface area contributed by atoms with E-state index in [4.69, 9.17) is 9.84 Å². The van der Waals surface area contributed by atoms with E-state index >= 15 is 0 Å². The highest BCUT2D eigenvalue weighted by Gasteiger charge is 2.23. The van der Waals surface area contributed by atoms with E-state index in [-0.39, 0.29) is 31.0 Å². The average molecular weight is 258 g/mol. The van der Waals surface area contributed by atoms with Crippen LogP contribution in [0, 0.1) is 0 Å². The Labute approximate surface area is 107 Å². The van der Waals surface area contributed by atoms with Crippen LogP contribution in [0.2, 0.25) is 0 Å². The third kappa shape index (κ3) is 5.01. The molecule has 2 N–H and O–H groups in total. The largest absolute Gasteiger partial charge is 0.481 e. The number of carboxylic acids is 1. The zero-order chi connectivity index (χ0) is 13.5. The second-order valence-corrected chi connectivity index (χ2v) is 4.75. The number of amides is 1. The van der Waals surface area contributed by atoms with E-state index in [1.807, 2.05) is 13.8 Å². The van der Waals surface area contributed by atoms with Crippen LogP contribution in [0.15, 0.2) is 0 Å². The van der Waals surface area contributed by atoms with Crippen molar-refractivity contribution >= 4 is 11.9 Å². The van der Waals surface area contributed by atoms with Gasteiger partial charge in [-0.1, -0.05) is 0 Å². The van der Waals surface area contributed by atoms with Crippen LogP contribution < -0.4 is 5.32 Å². The fourth-order valence-electron chi connectivity index (χ4n) is 1.97. The summed E-state index contributed by atoms with van der Waals surface area (Å²) in [6.07, 6.45) is 0.344. The lowest BCUT2D eigenvalue weighted by molar-refractivity contribution is -0.139. The van der Waals surface area contributed by atoms with Crippen LogP contribution >= 0.6 is 0 Å². The molecule has 104 valence electrons. The maximum atomic E-state index is 12.1. The summed E-state index contributed by atoms with van der Waals surface area (Å²) < 4.78 is 5.29. The topological polar surface area (TPSA) is 78.9 Å². The van der Waals surface area contributed by atoms with Crippen LogP contribution in [-0.2, 0) is 14.3 Å². The van der Waals surface area contributed by atoms with Crippen molar-refractivity contribution in [3.8, 4) is 0 Å². The van der Waals surface area contributed by atoms with E-state index in [0.29, 0.717) is 19.6 Å². The molecule has 0 spiro atoms. The van der Waals surface area contributed by atoms with Gasteiger partial charge in [0.15, 0.2) is 0 Å². The molecule has 1 rings (SSSR count). The van der Waals surface area contributed by atoms with Crippen LogP contribution in [0.4, 0.5) is 0 Å². The Balaban J connectivity index is 2.45. The first-order valence-electron chi connectivity index (χ1n) is 6.33. The number of nitrogens with one attached hydrogen (secondary N) is 1. The van der Waals surface area contributed by atoms with Gasteiger partial charge in [0.2, 0.25) is 5.91 Å². The highest BCUT2D eigenvalue weighted by atomic mass is 16.5. The van der Waals surface area contributed by atoms with E-state index in [1.165, 1.54) is 0 Å². The molecule has 0 aromatic rings. The van der Waals surface area contributed by atoms with Crippen molar-refractivity contribution in [3.63, 3.8) is 0 Å². The molecule has 0 aromatic heterocycles. The Hall–Kier alpha value is -1.14. The zero-order valence-corrected chi connectivity index (χ0v) is 11.0. The van der Waals surface area contributed by atoms with Gasteiger partial charge in [-0.2, -0.15) is 0 Å². The SMILES string of the molecule is CC(C)N(CCC(=O)O)C(=O)CC1COCCN1. The molecule has 0 radical (unpaired) electrons. The lowest BCUT2D eigenvalue weighted by Crippen LogP contribution is -2.46. The summed E-state index contributed by atoms with van der Waals surface area (Å²) in [5.74, 6) is -0.901. The number of carbonyl (C=O) groups excluding carboxylic acids is 1. The first-order valence-corrected chi connectivity index (χ1v) is 6.33. The summed E-state index contributed by atoms with van der Waals surface area (Å²) in [5, 5.41) is 11.9. The van der Waals surface area contributed by atoms with Gasteiger partial charge in [-0.05, 0) is 13.8 Å². The quantitative estimate of drug-likeness (QED) is 0.705. The molecular formula is C12H22N2O4. The zero-order valence-electron chi connectivity index (χ0n) is 11.0. The molecule has 6 nitrogen and oxygen atoms in total. The van der Waals surface area contributed by atoms with E-state index in [0.717, 1.165) is 6.54 Å². The monoisotopic (exact) mass is 258 g/mol. The van der Waals surface area contributed by atoms with Crippen molar-refractivity contribution in [3.05, 3.63) is 0 Å². The fraction of sp³-hybridized carbons (Fsp3) is 0.833. The molecule has 1 unspecified atom stereocenters. The van der Waals surface area contributed by atoms with E-state index < -0.39 is 5.97 Å². The van der Waals surface area contributed by atoms with Gasteiger partial charge >= 0.3 is 5.97 Å². The maximum Gasteiger partial charge on any atom is 0.305 e. The van der Waals surface area contributed by atoms with Crippen LogP contribution in [0.5, 0.6) is 0 Å². The number of carboxylic acid groups (broad SMARTS) is 1. The number of ether oxygens (including phenoxy) is 1. The number of morpholine rings is 1. The van der Waals surface area contributed by atoms with Crippen molar-refractivity contribution in [2.75, 3.05) is 26.3 Å². The highest BCUT2D eigenvalue weighted by Crippen LogP contribution is 2.07. The maximum absolute atomic E-state index is 12.1. The summed E-state index contributed by atoms with van der Waals surface area (Å²) in [6.45, 7) is 6.03. The Morgan fingerprint density at radius 3 is 2.72 bits per heavy atom. The Morgan fingerprint density at radius 2 is 2.22 bits per heavy atom. The van der Waals surface area contributed by atoms with Crippen molar-refractivity contribution < 1.29 is 19.4 Å². The Bertz CT molecular complexity index is 288. The van der Waals surface area contributed by atoms with Gasteiger partial charge in [-0.15, -0.1) is 0 Å². The molecular weight excluding hydrogens is 236 g/mol. The van der Waals surface area contributed by atoms with Gasteiger partial charge in [0, 0.05) is 31.6 Å². The second-order valence-electron chi connectivity index (χ2n) is 4.75. The number of aliphatic carboxylic acids is 1.